The highest BCUT2D eigenvalue weighted by Crippen LogP contribution is 2.34. The minimum atomic E-state index is -1.22. The van der Waals surface area contributed by atoms with E-state index in [9.17, 15) is 19.2 Å². The lowest BCUT2D eigenvalue weighted by Crippen LogP contribution is -2.49. The molecule has 0 aromatic heterocycles. The zero-order valence-corrected chi connectivity index (χ0v) is 16.5. The topological polar surface area (TPSA) is 126 Å². The smallest absolute Gasteiger partial charge is 0.325 e. The number of benzene rings is 1. The number of nitrogens with one attached hydrogen (secondary N) is 3. The van der Waals surface area contributed by atoms with Crippen molar-refractivity contribution < 1.29 is 28.7 Å². The summed E-state index contributed by atoms with van der Waals surface area (Å²) in [4.78, 5) is 49.8. The van der Waals surface area contributed by atoms with Gasteiger partial charge in [-0.05, 0) is 38.0 Å². The van der Waals surface area contributed by atoms with E-state index < -0.39 is 36.0 Å². The summed E-state index contributed by atoms with van der Waals surface area (Å²) in [6.45, 7) is 4.87. The Morgan fingerprint density at radius 2 is 2.00 bits per heavy atom. The highest BCUT2D eigenvalue weighted by atomic mass is 16.7. The van der Waals surface area contributed by atoms with Crippen LogP contribution in [0.3, 0.4) is 0 Å². The van der Waals surface area contributed by atoms with E-state index in [4.69, 9.17) is 9.47 Å². The molecule has 1 aromatic rings. The number of ether oxygens (including phenoxy) is 2. The van der Waals surface area contributed by atoms with E-state index >= 15 is 0 Å². The Balaban J connectivity index is 1.62. The van der Waals surface area contributed by atoms with Crippen molar-refractivity contribution in [2.24, 2.45) is 0 Å². The molecule has 2 atom stereocenters. The van der Waals surface area contributed by atoms with Gasteiger partial charge in [-0.15, -0.1) is 0 Å². The molecule has 1 saturated heterocycles. The average Bonchev–Trinajstić information content (AvgIpc) is 3.19. The van der Waals surface area contributed by atoms with Gasteiger partial charge in [-0.25, -0.2) is 9.59 Å². The highest BCUT2D eigenvalue weighted by molar-refractivity contribution is 6.09. The second kappa shape index (κ2) is 7.98. The molecule has 2 aliphatic heterocycles. The van der Waals surface area contributed by atoms with Crippen LogP contribution in [0.4, 0.5) is 9.59 Å². The van der Waals surface area contributed by atoms with Crippen LogP contribution < -0.4 is 25.4 Å². The first-order valence-electron chi connectivity index (χ1n) is 9.35. The molecule has 29 heavy (non-hydrogen) atoms. The van der Waals surface area contributed by atoms with E-state index in [2.05, 4.69) is 16.0 Å². The molecule has 0 aliphatic carbocycles. The molecule has 0 bridgehead atoms. The first kappa shape index (κ1) is 20.4. The quantitative estimate of drug-likeness (QED) is 0.605. The molecule has 1 aromatic carbocycles. The number of amides is 6. The van der Waals surface area contributed by atoms with Crippen LogP contribution in [0.15, 0.2) is 18.2 Å². The van der Waals surface area contributed by atoms with Crippen LogP contribution in [-0.4, -0.2) is 53.7 Å². The number of hydrogen-bond acceptors (Lipinski definition) is 6. The first-order chi connectivity index (χ1) is 13.7. The van der Waals surface area contributed by atoms with Crippen molar-refractivity contribution in [1.82, 2.24) is 20.9 Å². The minimum Gasteiger partial charge on any atom is -0.454 e. The van der Waals surface area contributed by atoms with Gasteiger partial charge < -0.3 is 20.1 Å². The van der Waals surface area contributed by atoms with Crippen LogP contribution in [-0.2, 0) is 16.0 Å². The van der Waals surface area contributed by atoms with Gasteiger partial charge in [-0.3, -0.25) is 19.8 Å². The summed E-state index contributed by atoms with van der Waals surface area (Å²) in [6.07, 6.45) is 0.910. The van der Waals surface area contributed by atoms with E-state index in [-0.39, 0.29) is 19.3 Å². The van der Waals surface area contributed by atoms with Crippen molar-refractivity contribution >= 4 is 23.9 Å². The van der Waals surface area contributed by atoms with Crippen molar-refractivity contribution in [3.63, 3.8) is 0 Å². The second-order valence-corrected chi connectivity index (χ2v) is 7.35. The summed E-state index contributed by atoms with van der Waals surface area (Å²) in [6, 6.07) is 3.82. The fourth-order valence-electron chi connectivity index (χ4n) is 3.14. The Morgan fingerprint density at radius 1 is 1.28 bits per heavy atom. The maximum Gasteiger partial charge on any atom is 0.325 e. The largest absolute Gasteiger partial charge is 0.454 e. The van der Waals surface area contributed by atoms with E-state index in [0.717, 1.165) is 10.5 Å². The molecule has 10 nitrogen and oxygen atoms in total. The summed E-state index contributed by atoms with van der Waals surface area (Å²) in [7, 11) is 0. The highest BCUT2D eigenvalue weighted by Gasteiger charge is 2.48. The van der Waals surface area contributed by atoms with Gasteiger partial charge in [0.25, 0.3) is 5.91 Å². The lowest BCUT2D eigenvalue weighted by molar-refractivity contribution is -0.134. The van der Waals surface area contributed by atoms with Gasteiger partial charge in [0.1, 0.15) is 12.1 Å². The van der Waals surface area contributed by atoms with Crippen LogP contribution in [0.5, 0.6) is 11.5 Å². The number of carbonyl (C=O) groups is 4. The molecule has 10 heteroatoms. The van der Waals surface area contributed by atoms with Crippen molar-refractivity contribution in [2.45, 2.75) is 45.2 Å². The lowest BCUT2D eigenvalue weighted by Gasteiger charge is -2.22. The van der Waals surface area contributed by atoms with Crippen molar-refractivity contribution in [3.05, 3.63) is 23.8 Å². The van der Waals surface area contributed by atoms with Crippen molar-refractivity contribution in [2.75, 3.05) is 13.3 Å². The molecule has 0 saturated carbocycles. The number of rotatable bonds is 6. The van der Waals surface area contributed by atoms with Crippen molar-refractivity contribution in [3.8, 4) is 11.5 Å². The second-order valence-electron chi connectivity index (χ2n) is 7.35. The number of carbonyl (C=O) groups excluding carboxylic acids is 4. The first-order valence-corrected chi connectivity index (χ1v) is 9.35. The van der Waals surface area contributed by atoms with Gasteiger partial charge in [0.2, 0.25) is 12.7 Å². The standard InChI is InChI=1S/C19H24N4O6/c1-4-11(2)20-17(26)21-15(24)9-23-16(25)19(3,22-18(23)27)8-12-5-6-13-14(7-12)29-10-28-13/h5-7,11H,4,8-10H2,1-3H3,(H,22,27)(H2,20,21,24,26)/t11-,19+/m0/s1. The third-order valence-electron chi connectivity index (χ3n) is 4.88. The molecule has 2 heterocycles. The van der Waals surface area contributed by atoms with Crippen LogP contribution in [0, 0.1) is 0 Å². The Labute approximate surface area is 167 Å². The monoisotopic (exact) mass is 404 g/mol. The Bertz CT molecular complexity index is 857. The normalized spacial score (nSPS) is 21.0. The molecule has 156 valence electrons. The lowest BCUT2D eigenvalue weighted by atomic mass is 9.92. The Morgan fingerprint density at radius 3 is 2.72 bits per heavy atom. The molecule has 0 radical (unpaired) electrons. The van der Waals surface area contributed by atoms with E-state index in [1.807, 2.05) is 6.92 Å². The van der Waals surface area contributed by atoms with Gasteiger partial charge in [0.15, 0.2) is 11.5 Å². The SMILES string of the molecule is CC[C@H](C)NC(=O)NC(=O)CN1C(=O)N[C@](C)(Cc2ccc3c(c2)OCO3)C1=O. The fourth-order valence-corrected chi connectivity index (χ4v) is 3.14. The molecule has 1 fully saturated rings. The van der Waals surface area contributed by atoms with Gasteiger partial charge in [0, 0.05) is 12.5 Å². The number of urea groups is 2. The zero-order valence-electron chi connectivity index (χ0n) is 16.5. The zero-order chi connectivity index (χ0) is 21.2. The Hall–Kier alpha value is -3.30. The van der Waals surface area contributed by atoms with E-state index in [0.29, 0.717) is 17.9 Å². The number of hydrogen-bond donors (Lipinski definition) is 3. The van der Waals surface area contributed by atoms with Crippen LogP contribution in [0.1, 0.15) is 32.8 Å². The Kier molecular flexibility index (Phi) is 5.62. The third kappa shape index (κ3) is 4.41. The van der Waals surface area contributed by atoms with Gasteiger partial charge in [-0.2, -0.15) is 0 Å². The molecule has 0 unspecified atom stereocenters. The molecule has 3 N–H and O–H groups in total. The molecule has 3 rings (SSSR count). The summed E-state index contributed by atoms with van der Waals surface area (Å²) in [5.41, 5.74) is -0.450. The third-order valence-corrected chi connectivity index (χ3v) is 4.88. The molecular formula is C19H24N4O6. The van der Waals surface area contributed by atoms with E-state index in [1.54, 1.807) is 32.0 Å². The molecule has 0 spiro atoms. The van der Waals surface area contributed by atoms with Crippen molar-refractivity contribution in [1.29, 1.82) is 0 Å². The summed E-state index contributed by atoms with van der Waals surface area (Å²) in [5, 5.41) is 7.34. The minimum absolute atomic E-state index is 0.107. The van der Waals surface area contributed by atoms with Crippen LogP contribution in [0.2, 0.25) is 0 Å². The van der Waals surface area contributed by atoms with Crippen LogP contribution in [0.25, 0.3) is 0 Å². The number of fused-ring (bicyclic) bond motifs is 1. The molecule has 6 amide bonds. The van der Waals surface area contributed by atoms with Gasteiger partial charge in [-0.1, -0.05) is 13.0 Å². The predicted octanol–water partition coefficient (Wildman–Crippen LogP) is 0.893. The van der Waals surface area contributed by atoms with Crippen LogP contribution >= 0.6 is 0 Å². The summed E-state index contributed by atoms with van der Waals surface area (Å²) >= 11 is 0. The molecular weight excluding hydrogens is 380 g/mol. The number of nitrogens with zero attached hydrogens (tertiary/aromatic N) is 1. The van der Waals surface area contributed by atoms with Gasteiger partial charge >= 0.3 is 12.1 Å². The summed E-state index contributed by atoms with van der Waals surface area (Å²) in [5.74, 6) is -0.0969. The maximum absolute atomic E-state index is 12.8. The van der Waals surface area contributed by atoms with E-state index in [1.165, 1.54) is 0 Å². The average molecular weight is 404 g/mol. The fraction of sp³-hybridized carbons (Fsp3) is 0.474. The maximum atomic E-state index is 12.8. The molecule has 2 aliphatic rings. The summed E-state index contributed by atoms with van der Waals surface area (Å²) < 4.78 is 10.6. The number of imide groups is 2. The van der Waals surface area contributed by atoms with Gasteiger partial charge in [0.05, 0.1) is 0 Å². The predicted molar refractivity (Wildman–Crippen MR) is 101 cm³/mol.